The Bertz CT molecular complexity index is 1170. The maximum absolute atomic E-state index is 14.0. The number of halogens is 1. The monoisotopic (exact) mass is 553 g/mol. The van der Waals surface area contributed by atoms with Crippen molar-refractivity contribution in [2.24, 2.45) is 0 Å². The van der Waals surface area contributed by atoms with E-state index in [1.807, 2.05) is 17.0 Å². The summed E-state index contributed by atoms with van der Waals surface area (Å²) in [5.41, 5.74) is -0.204. The zero-order chi connectivity index (χ0) is 28.7. The number of piperazine rings is 1. The van der Waals surface area contributed by atoms with E-state index in [0.717, 1.165) is 44.1 Å². The quantitative estimate of drug-likeness (QED) is 0.576. The van der Waals surface area contributed by atoms with Gasteiger partial charge in [-0.15, -0.1) is 0 Å². The van der Waals surface area contributed by atoms with Gasteiger partial charge >= 0.3 is 6.09 Å². The Morgan fingerprint density at radius 3 is 2.50 bits per heavy atom. The molecule has 3 aliphatic heterocycles. The molecule has 4 aliphatic rings. The topological polar surface area (TPSA) is 106 Å². The first-order valence-corrected chi connectivity index (χ1v) is 14.6. The summed E-state index contributed by atoms with van der Waals surface area (Å²) >= 11 is 0. The number of nitrogens with zero attached hydrogens (tertiary/aromatic N) is 4. The Morgan fingerprint density at radius 2 is 1.88 bits per heavy atom. The minimum absolute atomic E-state index is 0.0296. The fraction of sp³-hybridized carbons (Fsp3) is 0.667. The average Bonchev–Trinajstić information content (AvgIpc) is 3.62. The second-order valence-electron chi connectivity index (χ2n) is 12.7. The lowest BCUT2D eigenvalue weighted by molar-refractivity contribution is -0.147. The van der Waals surface area contributed by atoms with Gasteiger partial charge < -0.3 is 19.9 Å². The van der Waals surface area contributed by atoms with Gasteiger partial charge in [-0.2, -0.15) is 5.26 Å². The maximum Gasteiger partial charge on any atom is 0.408 e. The van der Waals surface area contributed by atoms with Gasteiger partial charge in [-0.1, -0.05) is 31.4 Å². The highest BCUT2D eigenvalue weighted by atomic mass is 19.1. The minimum atomic E-state index is -0.940. The lowest BCUT2D eigenvalue weighted by Gasteiger charge is -2.50. The van der Waals surface area contributed by atoms with E-state index in [1.54, 1.807) is 20.8 Å². The van der Waals surface area contributed by atoms with Crippen LogP contribution in [0.4, 0.5) is 9.18 Å². The number of hydrogen-bond acceptors (Lipinski definition) is 6. The molecule has 1 saturated carbocycles. The number of benzene rings is 1. The standard InChI is InChI=1S/C30H40FN5O4/c1-29(2,3)40-28(39)33-24(26(37)35-15-7-8-22(35)17-32)19-34-18-23-16-25(34)27(38)36(23)30(13-5-4-6-14-30)20-9-11-21(31)12-10-20/h9-12,22-25H,4-8,13-16,18-19H2,1-3H3,(H,33,39)/t22?,23-,24?,25?/m0/s1. The van der Waals surface area contributed by atoms with E-state index >= 15 is 0 Å². The van der Waals surface area contributed by atoms with Crippen LogP contribution in [0.25, 0.3) is 0 Å². The number of carbonyl (C=O) groups is 3. The Balaban J connectivity index is 1.36. The molecular weight excluding hydrogens is 513 g/mol. The van der Waals surface area contributed by atoms with Gasteiger partial charge in [-0.3, -0.25) is 14.5 Å². The van der Waals surface area contributed by atoms with Crippen molar-refractivity contribution in [2.45, 2.75) is 107 Å². The number of amides is 3. The van der Waals surface area contributed by atoms with Crippen molar-refractivity contribution in [3.63, 3.8) is 0 Å². The molecule has 2 bridgehead atoms. The Hall–Kier alpha value is -3.19. The fourth-order valence-corrected chi connectivity index (χ4v) is 7.23. The highest BCUT2D eigenvalue weighted by Crippen LogP contribution is 2.48. The zero-order valence-electron chi connectivity index (χ0n) is 23.7. The largest absolute Gasteiger partial charge is 0.444 e. The molecule has 3 saturated heterocycles. The fourth-order valence-electron chi connectivity index (χ4n) is 7.23. The number of likely N-dealkylation sites (tertiary alicyclic amines) is 3. The van der Waals surface area contributed by atoms with Crippen LogP contribution < -0.4 is 5.32 Å². The first-order valence-electron chi connectivity index (χ1n) is 14.6. The number of hydrogen-bond donors (Lipinski definition) is 1. The van der Waals surface area contributed by atoms with Crippen LogP contribution in [0.1, 0.15) is 77.7 Å². The number of alkyl carbamates (subject to hydrolysis) is 1. The lowest BCUT2D eigenvalue weighted by atomic mass is 9.74. The number of carbonyl (C=O) groups excluding carboxylic acids is 3. The Kier molecular flexibility index (Phi) is 7.79. The number of nitriles is 1. The summed E-state index contributed by atoms with van der Waals surface area (Å²) in [5, 5.41) is 12.3. The molecule has 1 aromatic carbocycles. The summed E-state index contributed by atoms with van der Waals surface area (Å²) in [4.78, 5) is 45.9. The maximum atomic E-state index is 14.0. The van der Waals surface area contributed by atoms with Gasteiger partial charge in [0, 0.05) is 25.7 Å². The molecule has 5 rings (SSSR count). The van der Waals surface area contributed by atoms with E-state index in [2.05, 4.69) is 16.3 Å². The summed E-state index contributed by atoms with van der Waals surface area (Å²) < 4.78 is 19.2. The van der Waals surface area contributed by atoms with Gasteiger partial charge in [0.25, 0.3) is 0 Å². The number of rotatable bonds is 6. The Labute approximate surface area is 235 Å². The van der Waals surface area contributed by atoms with Crippen molar-refractivity contribution in [2.75, 3.05) is 19.6 Å². The highest BCUT2D eigenvalue weighted by molar-refractivity contribution is 5.88. The SMILES string of the molecule is CC(C)(C)OC(=O)NC(CN1C[C@@H]2CC1C(=O)N2C1(c2ccc(F)cc2)CCCCC1)C(=O)N1CCCC1C#N. The predicted octanol–water partition coefficient (Wildman–Crippen LogP) is 3.68. The van der Waals surface area contributed by atoms with Crippen molar-refractivity contribution in [1.29, 1.82) is 5.26 Å². The van der Waals surface area contributed by atoms with Crippen molar-refractivity contribution in [3.8, 4) is 6.07 Å². The van der Waals surface area contributed by atoms with Crippen LogP contribution in [0.2, 0.25) is 0 Å². The van der Waals surface area contributed by atoms with E-state index < -0.39 is 35.4 Å². The Morgan fingerprint density at radius 1 is 1.18 bits per heavy atom. The molecule has 1 N–H and O–H groups in total. The lowest BCUT2D eigenvalue weighted by Crippen LogP contribution is -2.62. The van der Waals surface area contributed by atoms with Crippen LogP contribution in [-0.4, -0.2) is 82.0 Å². The summed E-state index contributed by atoms with van der Waals surface area (Å²) in [7, 11) is 0. The second-order valence-corrected chi connectivity index (χ2v) is 12.7. The molecule has 3 amide bonds. The van der Waals surface area contributed by atoms with E-state index in [9.17, 15) is 24.0 Å². The van der Waals surface area contributed by atoms with Gasteiger partial charge in [-0.25, -0.2) is 9.18 Å². The predicted molar refractivity (Wildman–Crippen MR) is 145 cm³/mol. The number of fused-ring (bicyclic) bond motifs is 2. The number of nitrogens with one attached hydrogen (secondary N) is 1. The second kappa shape index (κ2) is 11.0. The van der Waals surface area contributed by atoms with Crippen LogP contribution in [0.3, 0.4) is 0 Å². The van der Waals surface area contributed by atoms with Crippen LogP contribution in [0.5, 0.6) is 0 Å². The zero-order valence-corrected chi connectivity index (χ0v) is 23.7. The third-order valence-corrected chi connectivity index (χ3v) is 8.88. The van der Waals surface area contributed by atoms with Crippen molar-refractivity contribution < 1.29 is 23.5 Å². The van der Waals surface area contributed by atoms with Crippen LogP contribution in [-0.2, 0) is 19.9 Å². The molecule has 4 atom stereocenters. The molecule has 0 aromatic heterocycles. The molecule has 10 heteroatoms. The van der Waals surface area contributed by atoms with Gasteiger partial charge in [0.2, 0.25) is 11.8 Å². The van der Waals surface area contributed by atoms with Crippen molar-refractivity contribution in [1.82, 2.24) is 20.0 Å². The van der Waals surface area contributed by atoms with Gasteiger partial charge in [0.15, 0.2) is 0 Å². The van der Waals surface area contributed by atoms with Crippen molar-refractivity contribution in [3.05, 3.63) is 35.6 Å². The number of ether oxygens (including phenoxy) is 1. The van der Waals surface area contributed by atoms with Crippen molar-refractivity contribution >= 4 is 17.9 Å². The molecule has 4 fully saturated rings. The molecule has 1 aromatic rings. The molecule has 216 valence electrons. The van der Waals surface area contributed by atoms with Gasteiger partial charge in [-0.05, 0) is 70.6 Å². The van der Waals surface area contributed by atoms with Gasteiger partial charge in [0.1, 0.15) is 23.5 Å². The smallest absolute Gasteiger partial charge is 0.408 e. The van der Waals surface area contributed by atoms with E-state index in [-0.39, 0.29) is 30.2 Å². The van der Waals surface area contributed by atoms with E-state index in [4.69, 9.17) is 4.74 Å². The van der Waals surface area contributed by atoms with Crippen LogP contribution >= 0.6 is 0 Å². The van der Waals surface area contributed by atoms with E-state index in [0.29, 0.717) is 25.9 Å². The molecule has 9 nitrogen and oxygen atoms in total. The third-order valence-electron chi connectivity index (χ3n) is 8.88. The third kappa shape index (κ3) is 5.40. The molecule has 3 unspecified atom stereocenters. The minimum Gasteiger partial charge on any atom is -0.444 e. The van der Waals surface area contributed by atoms with Crippen LogP contribution in [0, 0.1) is 17.1 Å². The average molecular weight is 554 g/mol. The molecule has 0 radical (unpaired) electrons. The van der Waals surface area contributed by atoms with Gasteiger partial charge in [0.05, 0.1) is 17.6 Å². The highest BCUT2D eigenvalue weighted by Gasteiger charge is 2.57. The molecule has 3 heterocycles. The normalized spacial score (nSPS) is 27.0. The first-order chi connectivity index (χ1) is 19.0. The molecule has 1 aliphatic carbocycles. The molecule has 0 spiro atoms. The molecular formula is C30H40FN5O4. The first kappa shape index (κ1) is 28.3. The summed E-state index contributed by atoms with van der Waals surface area (Å²) in [5.74, 6) is -0.584. The van der Waals surface area contributed by atoms with E-state index in [1.165, 1.54) is 17.0 Å². The molecule has 40 heavy (non-hydrogen) atoms. The summed E-state index contributed by atoms with van der Waals surface area (Å²) in [6.07, 6.45) is 6.12. The summed E-state index contributed by atoms with van der Waals surface area (Å²) in [6, 6.07) is 6.89. The summed E-state index contributed by atoms with van der Waals surface area (Å²) in [6.45, 7) is 6.47. The van der Waals surface area contributed by atoms with Crippen LogP contribution in [0.15, 0.2) is 24.3 Å².